The highest BCUT2D eigenvalue weighted by Gasteiger charge is 2.07. The second kappa shape index (κ2) is 5.45. The summed E-state index contributed by atoms with van der Waals surface area (Å²) in [5.74, 6) is 1.39. The molecule has 0 amide bonds. The van der Waals surface area contributed by atoms with Crippen LogP contribution in [-0.2, 0) is 18.7 Å². The summed E-state index contributed by atoms with van der Waals surface area (Å²) in [5, 5.41) is 0.986. The van der Waals surface area contributed by atoms with Gasteiger partial charge in [-0.15, -0.1) is 22.9 Å². The Labute approximate surface area is 113 Å². The van der Waals surface area contributed by atoms with Crippen LogP contribution < -0.4 is 0 Å². The SMILES string of the molecule is Cn1c(CCl)cnc1SCc1ccc(Cl)s1. The van der Waals surface area contributed by atoms with Crippen molar-refractivity contribution in [1.29, 1.82) is 0 Å². The van der Waals surface area contributed by atoms with Crippen molar-refractivity contribution in [2.45, 2.75) is 16.8 Å². The first-order valence-electron chi connectivity index (χ1n) is 4.64. The van der Waals surface area contributed by atoms with Crippen LogP contribution in [0.15, 0.2) is 23.5 Å². The Hall–Kier alpha value is -0.160. The van der Waals surface area contributed by atoms with Crippen LogP contribution in [-0.4, -0.2) is 9.55 Å². The van der Waals surface area contributed by atoms with Gasteiger partial charge in [-0.3, -0.25) is 0 Å². The minimum absolute atomic E-state index is 0.495. The Morgan fingerprint density at radius 3 is 2.88 bits per heavy atom. The average Bonchev–Trinajstić information content (AvgIpc) is 2.83. The summed E-state index contributed by atoms with van der Waals surface area (Å²) < 4.78 is 2.85. The maximum atomic E-state index is 5.87. The van der Waals surface area contributed by atoms with Crippen LogP contribution in [0.3, 0.4) is 0 Å². The van der Waals surface area contributed by atoms with Crippen molar-refractivity contribution >= 4 is 46.3 Å². The van der Waals surface area contributed by atoms with Crippen LogP contribution in [0.5, 0.6) is 0 Å². The van der Waals surface area contributed by atoms with Crippen LogP contribution in [0.4, 0.5) is 0 Å². The van der Waals surface area contributed by atoms with E-state index in [1.165, 1.54) is 4.88 Å². The normalized spacial score (nSPS) is 10.9. The highest BCUT2D eigenvalue weighted by molar-refractivity contribution is 7.98. The first-order valence-corrected chi connectivity index (χ1v) is 7.35. The molecule has 2 rings (SSSR count). The fourth-order valence-electron chi connectivity index (χ4n) is 1.25. The van der Waals surface area contributed by atoms with Crippen LogP contribution in [0.25, 0.3) is 0 Å². The van der Waals surface area contributed by atoms with Gasteiger partial charge in [0.15, 0.2) is 5.16 Å². The molecule has 0 aliphatic heterocycles. The van der Waals surface area contributed by atoms with E-state index in [2.05, 4.69) is 4.98 Å². The molecule has 86 valence electrons. The zero-order valence-corrected chi connectivity index (χ0v) is 11.8. The maximum absolute atomic E-state index is 5.87. The molecule has 2 aromatic rings. The molecule has 0 spiro atoms. The number of halogens is 2. The standard InChI is InChI=1S/C10H10Cl2N2S2/c1-14-7(4-11)5-13-10(14)15-6-8-2-3-9(12)16-8/h2-3,5H,4,6H2,1H3. The number of nitrogens with zero attached hydrogens (tertiary/aromatic N) is 2. The van der Waals surface area contributed by atoms with E-state index in [1.54, 1.807) is 23.1 Å². The number of imidazole rings is 1. The third-order valence-corrected chi connectivity index (χ3v) is 4.93. The molecule has 0 radical (unpaired) electrons. The van der Waals surface area contributed by atoms with E-state index in [1.807, 2.05) is 29.9 Å². The van der Waals surface area contributed by atoms with E-state index in [9.17, 15) is 0 Å². The van der Waals surface area contributed by atoms with Crippen LogP contribution in [0.2, 0.25) is 4.34 Å². The number of aromatic nitrogens is 2. The van der Waals surface area contributed by atoms with Gasteiger partial charge in [0.25, 0.3) is 0 Å². The minimum Gasteiger partial charge on any atom is -0.325 e. The lowest BCUT2D eigenvalue weighted by atomic mass is 10.5. The predicted octanol–water partition coefficient (Wildman–Crippen LogP) is 4.17. The summed E-state index contributed by atoms with van der Waals surface area (Å²) >= 11 is 15.0. The molecule has 0 N–H and O–H groups in total. The Kier molecular flexibility index (Phi) is 4.19. The Morgan fingerprint density at radius 1 is 1.50 bits per heavy atom. The summed E-state index contributed by atoms with van der Waals surface area (Å²) in [6.07, 6.45) is 1.82. The second-order valence-electron chi connectivity index (χ2n) is 3.22. The number of thioether (sulfide) groups is 1. The zero-order valence-electron chi connectivity index (χ0n) is 8.61. The van der Waals surface area contributed by atoms with Crippen molar-refractivity contribution in [3.05, 3.63) is 33.2 Å². The molecule has 2 nitrogen and oxygen atoms in total. The van der Waals surface area contributed by atoms with Gasteiger partial charge < -0.3 is 4.57 Å². The van der Waals surface area contributed by atoms with Crippen molar-refractivity contribution in [1.82, 2.24) is 9.55 Å². The van der Waals surface area contributed by atoms with Gasteiger partial charge in [-0.25, -0.2) is 4.98 Å². The third-order valence-electron chi connectivity index (χ3n) is 2.15. The van der Waals surface area contributed by atoms with E-state index in [0.29, 0.717) is 5.88 Å². The van der Waals surface area contributed by atoms with Crippen LogP contribution in [0, 0.1) is 0 Å². The summed E-state index contributed by atoms with van der Waals surface area (Å²) in [6, 6.07) is 3.97. The first-order chi connectivity index (χ1) is 7.70. The topological polar surface area (TPSA) is 17.8 Å². The Balaban J connectivity index is 2.02. The lowest BCUT2D eigenvalue weighted by Crippen LogP contribution is -1.95. The molecule has 0 atom stereocenters. The van der Waals surface area contributed by atoms with E-state index >= 15 is 0 Å². The van der Waals surface area contributed by atoms with Gasteiger partial charge in [0.1, 0.15) is 0 Å². The molecule has 0 aliphatic carbocycles. The molecule has 0 unspecified atom stereocenters. The molecule has 0 bridgehead atoms. The summed E-state index contributed by atoms with van der Waals surface area (Å²) in [5.41, 5.74) is 1.04. The van der Waals surface area contributed by atoms with E-state index < -0.39 is 0 Å². The molecule has 2 heterocycles. The van der Waals surface area contributed by atoms with E-state index in [4.69, 9.17) is 23.2 Å². The van der Waals surface area contributed by atoms with Gasteiger partial charge in [-0.2, -0.15) is 0 Å². The van der Waals surface area contributed by atoms with E-state index in [0.717, 1.165) is 20.9 Å². The lowest BCUT2D eigenvalue weighted by Gasteiger charge is -2.02. The van der Waals surface area contributed by atoms with Gasteiger partial charge in [-0.1, -0.05) is 23.4 Å². The molecular weight excluding hydrogens is 283 g/mol. The summed E-state index contributed by atoms with van der Waals surface area (Å²) in [7, 11) is 1.98. The fourth-order valence-corrected chi connectivity index (χ4v) is 3.60. The number of thiophene rings is 1. The average molecular weight is 293 g/mol. The van der Waals surface area contributed by atoms with Gasteiger partial charge in [-0.05, 0) is 12.1 Å². The summed E-state index contributed by atoms with van der Waals surface area (Å²) in [6.45, 7) is 0. The van der Waals surface area contributed by atoms with Crippen molar-refractivity contribution in [2.24, 2.45) is 7.05 Å². The number of alkyl halides is 1. The molecule has 6 heteroatoms. The van der Waals surface area contributed by atoms with Crippen molar-refractivity contribution in [2.75, 3.05) is 0 Å². The van der Waals surface area contributed by atoms with Gasteiger partial charge in [0.05, 0.1) is 22.1 Å². The largest absolute Gasteiger partial charge is 0.325 e. The van der Waals surface area contributed by atoms with Crippen LogP contribution >= 0.6 is 46.3 Å². The van der Waals surface area contributed by atoms with E-state index in [-0.39, 0.29) is 0 Å². The van der Waals surface area contributed by atoms with Crippen molar-refractivity contribution in [3.8, 4) is 0 Å². The van der Waals surface area contributed by atoms with Crippen LogP contribution in [0.1, 0.15) is 10.6 Å². The molecule has 16 heavy (non-hydrogen) atoms. The molecule has 2 aromatic heterocycles. The molecule has 0 fully saturated rings. The molecular formula is C10H10Cl2N2S2. The Bertz CT molecular complexity index is 479. The van der Waals surface area contributed by atoms with Gasteiger partial charge in [0, 0.05) is 17.7 Å². The highest BCUT2D eigenvalue weighted by Crippen LogP contribution is 2.28. The fraction of sp³-hybridized carbons (Fsp3) is 0.300. The first kappa shape index (κ1) is 12.3. The third kappa shape index (κ3) is 2.74. The number of hydrogen-bond donors (Lipinski definition) is 0. The summed E-state index contributed by atoms with van der Waals surface area (Å²) in [4.78, 5) is 5.58. The molecule has 0 aromatic carbocycles. The Morgan fingerprint density at radius 2 is 2.31 bits per heavy atom. The number of rotatable bonds is 4. The monoisotopic (exact) mass is 292 g/mol. The smallest absolute Gasteiger partial charge is 0.168 e. The minimum atomic E-state index is 0.495. The molecule has 0 aliphatic rings. The highest BCUT2D eigenvalue weighted by atomic mass is 35.5. The lowest BCUT2D eigenvalue weighted by molar-refractivity contribution is 0.761. The van der Waals surface area contributed by atoms with Gasteiger partial charge in [0.2, 0.25) is 0 Å². The quantitative estimate of drug-likeness (QED) is 0.622. The second-order valence-corrected chi connectivity index (χ2v) is 6.23. The van der Waals surface area contributed by atoms with Gasteiger partial charge >= 0.3 is 0 Å². The predicted molar refractivity (Wildman–Crippen MR) is 71.7 cm³/mol. The maximum Gasteiger partial charge on any atom is 0.168 e. The zero-order chi connectivity index (χ0) is 11.5. The van der Waals surface area contributed by atoms with Crippen molar-refractivity contribution < 1.29 is 0 Å². The van der Waals surface area contributed by atoms with Crippen molar-refractivity contribution in [3.63, 3.8) is 0 Å². The molecule has 0 saturated carbocycles. The number of hydrogen-bond acceptors (Lipinski definition) is 3. The molecule has 0 saturated heterocycles.